The van der Waals surface area contributed by atoms with E-state index in [2.05, 4.69) is 11.9 Å². The van der Waals surface area contributed by atoms with Crippen LogP contribution in [0.15, 0.2) is 12.7 Å². The van der Waals surface area contributed by atoms with Gasteiger partial charge in [0.2, 0.25) is 5.91 Å². The molecule has 1 aliphatic rings. The van der Waals surface area contributed by atoms with Crippen LogP contribution in [-0.2, 0) is 4.79 Å². The predicted molar refractivity (Wildman–Crippen MR) is 61.8 cm³/mol. The van der Waals surface area contributed by atoms with Crippen molar-refractivity contribution in [3.8, 4) is 0 Å². The first-order valence-electron chi connectivity index (χ1n) is 5.91. The van der Waals surface area contributed by atoms with Crippen LogP contribution in [-0.4, -0.2) is 34.9 Å². The van der Waals surface area contributed by atoms with E-state index in [1.807, 2.05) is 0 Å². The summed E-state index contributed by atoms with van der Waals surface area (Å²) in [6.45, 7) is 3.11. The molecule has 0 aromatic heterocycles. The SMILES string of the molecule is C=CC(=O)NC(CO)C(O)C1CCCCC1. The lowest BCUT2D eigenvalue weighted by Gasteiger charge is -2.31. The fourth-order valence-corrected chi connectivity index (χ4v) is 2.28. The first-order chi connectivity index (χ1) is 7.69. The van der Waals surface area contributed by atoms with Crippen molar-refractivity contribution in [1.29, 1.82) is 0 Å². The molecule has 0 bridgehead atoms. The highest BCUT2D eigenvalue weighted by Crippen LogP contribution is 2.27. The van der Waals surface area contributed by atoms with Gasteiger partial charge < -0.3 is 15.5 Å². The summed E-state index contributed by atoms with van der Waals surface area (Å²) < 4.78 is 0. The lowest BCUT2D eigenvalue weighted by molar-refractivity contribution is -0.119. The second kappa shape index (κ2) is 6.66. The number of hydrogen-bond acceptors (Lipinski definition) is 3. The summed E-state index contributed by atoms with van der Waals surface area (Å²) in [6, 6.07) is -0.575. The van der Waals surface area contributed by atoms with Crippen molar-refractivity contribution in [2.45, 2.75) is 44.2 Å². The van der Waals surface area contributed by atoms with E-state index in [-0.39, 0.29) is 18.4 Å². The standard InChI is InChI=1S/C12H21NO3/c1-2-11(15)13-10(8-14)12(16)9-6-4-3-5-7-9/h2,9-10,12,14,16H,1,3-8H2,(H,13,15). The maximum atomic E-state index is 11.1. The van der Waals surface area contributed by atoms with Crippen molar-refractivity contribution in [3.63, 3.8) is 0 Å². The number of hydrogen-bond donors (Lipinski definition) is 3. The van der Waals surface area contributed by atoms with Crippen LogP contribution >= 0.6 is 0 Å². The minimum atomic E-state index is -0.658. The number of nitrogens with one attached hydrogen (secondary N) is 1. The molecule has 0 spiro atoms. The van der Waals surface area contributed by atoms with E-state index in [1.54, 1.807) is 0 Å². The maximum absolute atomic E-state index is 11.1. The van der Waals surface area contributed by atoms with Gasteiger partial charge in [-0.15, -0.1) is 0 Å². The Kier molecular flexibility index (Phi) is 5.49. The Morgan fingerprint density at radius 2 is 2.06 bits per heavy atom. The molecule has 1 aliphatic carbocycles. The number of amides is 1. The molecule has 2 atom stereocenters. The molecule has 0 heterocycles. The molecule has 1 saturated carbocycles. The Balaban J connectivity index is 2.49. The predicted octanol–water partition coefficient (Wildman–Crippen LogP) is 0.591. The quantitative estimate of drug-likeness (QED) is 0.602. The third-order valence-corrected chi connectivity index (χ3v) is 3.25. The molecule has 2 unspecified atom stereocenters. The Hall–Kier alpha value is -0.870. The first-order valence-corrected chi connectivity index (χ1v) is 5.91. The molecule has 1 fully saturated rings. The van der Waals surface area contributed by atoms with Crippen LogP contribution in [0.4, 0.5) is 0 Å². The third kappa shape index (κ3) is 3.61. The molecule has 16 heavy (non-hydrogen) atoms. The van der Waals surface area contributed by atoms with E-state index in [9.17, 15) is 9.90 Å². The van der Waals surface area contributed by atoms with Crippen molar-refractivity contribution >= 4 is 5.91 Å². The van der Waals surface area contributed by atoms with Crippen LogP contribution in [0.5, 0.6) is 0 Å². The average molecular weight is 227 g/mol. The summed E-state index contributed by atoms with van der Waals surface area (Å²) in [5, 5.41) is 21.8. The van der Waals surface area contributed by atoms with Crippen molar-refractivity contribution < 1.29 is 15.0 Å². The second-order valence-corrected chi connectivity index (χ2v) is 4.39. The van der Waals surface area contributed by atoms with Gasteiger partial charge in [0.1, 0.15) is 0 Å². The molecule has 0 radical (unpaired) electrons. The lowest BCUT2D eigenvalue weighted by atomic mass is 9.83. The zero-order valence-corrected chi connectivity index (χ0v) is 9.56. The number of aliphatic hydroxyl groups is 2. The molecule has 0 aliphatic heterocycles. The summed E-state index contributed by atoms with van der Waals surface area (Å²) >= 11 is 0. The van der Waals surface area contributed by atoms with Gasteiger partial charge >= 0.3 is 0 Å². The zero-order chi connectivity index (χ0) is 12.0. The van der Waals surface area contributed by atoms with Gasteiger partial charge in [0.25, 0.3) is 0 Å². The van der Waals surface area contributed by atoms with E-state index in [0.717, 1.165) is 31.8 Å². The minimum Gasteiger partial charge on any atom is -0.394 e. The van der Waals surface area contributed by atoms with Crippen LogP contribution in [0.25, 0.3) is 0 Å². The van der Waals surface area contributed by atoms with Gasteiger partial charge in [0.15, 0.2) is 0 Å². The van der Waals surface area contributed by atoms with E-state index in [4.69, 9.17) is 5.11 Å². The molecule has 92 valence electrons. The summed E-state index contributed by atoms with van der Waals surface area (Å²) in [7, 11) is 0. The van der Waals surface area contributed by atoms with Crippen molar-refractivity contribution in [2.24, 2.45) is 5.92 Å². The highest BCUT2D eigenvalue weighted by Gasteiger charge is 2.28. The molecule has 4 heteroatoms. The Morgan fingerprint density at radius 1 is 1.44 bits per heavy atom. The topological polar surface area (TPSA) is 69.6 Å². The minimum absolute atomic E-state index is 0.191. The highest BCUT2D eigenvalue weighted by molar-refractivity contribution is 5.87. The molecule has 4 nitrogen and oxygen atoms in total. The van der Waals surface area contributed by atoms with Gasteiger partial charge in [-0.2, -0.15) is 0 Å². The second-order valence-electron chi connectivity index (χ2n) is 4.39. The molecule has 1 rings (SSSR count). The highest BCUT2D eigenvalue weighted by atomic mass is 16.3. The Bertz CT molecular complexity index is 236. The maximum Gasteiger partial charge on any atom is 0.243 e. The summed E-state index contributed by atoms with van der Waals surface area (Å²) in [6.07, 6.45) is 5.89. The van der Waals surface area contributed by atoms with Crippen LogP contribution < -0.4 is 5.32 Å². The van der Waals surface area contributed by atoms with E-state index in [1.165, 1.54) is 6.42 Å². The summed E-state index contributed by atoms with van der Waals surface area (Å²) in [4.78, 5) is 11.1. The van der Waals surface area contributed by atoms with Crippen LogP contribution in [0.1, 0.15) is 32.1 Å². The van der Waals surface area contributed by atoms with Gasteiger partial charge in [0.05, 0.1) is 18.8 Å². The fraction of sp³-hybridized carbons (Fsp3) is 0.750. The fourth-order valence-electron chi connectivity index (χ4n) is 2.28. The van der Waals surface area contributed by atoms with Gasteiger partial charge in [-0.1, -0.05) is 25.8 Å². The van der Waals surface area contributed by atoms with Gasteiger partial charge in [-0.05, 0) is 24.8 Å². The first kappa shape index (κ1) is 13.2. The van der Waals surface area contributed by atoms with Crippen molar-refractivity contribution in [3.05, 3.63) is 12.7 Å². The molecule has 3 N–H and O–H groups in total. The number of rotatable bonds is 5. The molecular weight excluding hydrogens is 206 g/mol. The van der Waals surface area contributed by atoms with E-state index >= 15 is 0 Å². The van der Waals surface area contributed by atoms with Gasteiger partial charge in [0, 0.05) is 0 Å². The molecule has 0 aromatic carbocycles. The van der Waals surface area contributed by atoms with Gasteiger partial charge in [-0.25, -0.2) is 0 Å². The largest absolute Gasteiger partial charge is 0.394 e. The smallest absolute Gasteiger partial charge is 0.243 e. The van der Waals surface area contributed by atoms with Gasteiger partial charge in [-0.3, -0.25) is 4.79 Å². The third-order valence-electron chi connectivity index (χ3n) is 3.25. The van der Waals surface area contributed by atoms with E-state index in [0.29, 0.717) is 0 Å². The average Bonchev–Trinajstić information content (AvgIpc) is 2.35. The monoisotopic (exact) mass is 227 g/mol. The summed E-state index contributed by atoms with van der Waals surface area (Å²) in [5.74, 6) is -0.162. The van der Waals surface area contributed by atoms with Crippen molar-refractivity contribution in [2.75, 3.05) is 6.61 Å². The van der Waals surface area contributed by atoms with Crippen LogP contribution in [0.2, 0.25) is 0 Å². The Morgan fingerprint density at radius 3 is 2.56 bits per heavy atom. The molecule has 1 amide bonds. The lowest BCUT2D eigenvalue weighted by Crippen LogP contribution is -2.48. The molecule has 0 saturated heterocycles. The van der Waals surface area contributed by atoms with Crippen LogP contribution in [0.3, 0.4) is 0 Å². The van der Waals surface area contributed by atoms with Crippen LogP contribution in [0, 0.1) is 5.92 Å². The summed E-state index contributed by atoms with van der Waals surface area (Å²) in [5.41, 5.74) is 0. The zero-order valence-electron chi connectivity index (χ0n) is 9.56. The number of carbonyl (C=O) groups is 1. The normalized spacial score (nSPS) is 21.1. The molecular formula is C12H21NO3. The molecule has 0 aromatic rings. The van der Waals surface area contributed by atoms with Crippen molar-refractivity contribution in [1.82, 2.24) is 5.32 Å². The number of aliphatic hydroxyl groups excluding tert-OH is 2. The number of carbonyl (C=O) groups excluding carboxylic acids is 1. The Labute approximate surface area is 96.4 Å². The van der Waals surface area contributed by atoms with E-state index < -0.39 is 12.1 Å².